The summed E-state index contributed by atoms with van der Waals surface area (Å²) in [5.41, 5.74) is 13.1. The van der Waals surface area contributed by atoms with Crippen LogP contribution in [0.25, 0.3) is 0 Å². The largest absolute Gasteiger partial charge is 0.365 e. The molecule has 188 valence electrons. The zero-order valence-corrected chi connectivity index (χ0v) is 20.7. The summed E-state index contributed by atoms with van der Waals surface area (Å²) in [7, 11) is 0. The van der Waals surface area contributed by atoms with Crippen molar-refractivity contribution in [2.75, 3.05) is 54.4 Å². The molecule has 5 rings (SSSR count). The number of rotatable bonds is 6. The molecule has 0 unspecified atom stereocenters. The van der Waals surface area contributed by atoms with Crippen LogP contribution < -0.4 is 26.6 Å². The van der Waals surface area contributed by atoms with Gasteiger partial charge in [-0.3, -0.25) is 9.59 Å². The third kappa shape index (κ3) is 5.24. The fourth-order valence-electron chi connectivity index (χ4n) is 4.51. The maximum atomic E-state index is 13.2. The molecule has 2 fully saturated rings. The van der Waals surface area contributed by atoms with Crippen molar-refractivity contribution in [1.29, 1.82) is 0 Å². The first-order chi connectivity index (χ1) is 17.5. The van der Waals surface area contributed by atoms with Gasteiger partial charge in [0.15, 0.2) is 5.13 Å². The van der Waals surface area contributed by atoms with Gasteiger partial charge in [0.25, 0.3) is 11.8 Å². The molecule has 0 bridgehead atoms. The molecule has 4 heterocycles. The number of nitrogens with two attached hydrogens (primary N) is 2. The van der Waals surface area contributed by atoms with Gasteiger partial charge in [0.05, 0.1) is 0 Å². The predicted octanol–water partition coefficient (Wildman–Crippen LogP) is 1.67. The highest BCUT2D eigenvalue weighted by molar-refractivity contribution is 7.13. The van der Waals surface area contributed by atoms with Crippen molar-refractivity contribution in [3.05, 3.63) is 53.2 Å². The summed E-state index contributed by atoms with van der Waals surface area (Å²) in [4.78, 5) is 44.6. The fraction of sp³-hybridized carbons (Fsp3) is 0.375. The Morgan fingerprint density at radius 1 is 1.08 bits per heavy atom. The number of anilines is 4. The van der Waals surface area contributed by atoms with Gasteiger partial charge in [-0.25, -0.2) is 9.97 Å². The molecule has 1 aromatic carbocycles. The van der Waals surface area contributed by atoms with Crippen molar-refractivity contribution in [1.82, 2.24) is 19.9 Å². The van der Waals surface area contributed by atoms with Crippen LogP contribution in [0.1, 0.15) is 33.6 Å². The molecule has 11 nitrogen and oxygen atoms in total. The van der Waals surface area contributed by atoms with E-state index in [1.165, 1.54) is 6.20 Å². The van der Waals surface area contributed by atoms with Crippen molar-refractivity contribution in [3.63, 3.8) is 0 Å². The van der Waals surface area contributed by atoms with Crippen molar-refractivity contribution >= 4 is 45.7 Å². The summed E-state index contributed by atoms with van der Waals surface area (Å²) < 4.78 is 0. The van der Waals surface area contributed by atoms with E-state index >= 15 is 0 Å². The molecular weight excluding hydrogens is 478 g/mol. The van der Waals surface area contributed by atoms with Gasteiger partial charge < -0.3 is 31.5 Å². The molecule has 5 N–H and O–H groups in total. The van der Waals surface area contributed by atoms with Crippen LogP contribution in [0.3, 0.4) is 0 Å². The minimum Gasteiger partial charge on any atom is -0.365 e. The van der Waals surface area contributed by atoms with Crippen molar-refractivity contribution in [2.24, 2.45) is 11.5 Å². The summed E-state index contributed by atoms with van der Waals surface area (Å²) in [6.45, 7) is 4.16. The van der Waals surface area contributed by atoms with E-state index < -0.39 is 5.91 Å². The number of piperidine rings is 1. The van der Waals surface area contributed by atoms with E-state index in [2.05, 4.69) is 25.2 Å². The minimum atomic E-state index is -0.635. The van der Waals surface area contributed by atoms with E-state index in [0.717, 1.165) is 37.6 Å². The van der Waals surface area contributed by atoms with E-state index in [1.54, 1.807) is 35.7 Å². The maximum Gasteiger partial charge on any atom is 0.254 e. The Balaban J connectivity index is 1.31. The lowest BCUT2D eigenvalue weighted by Gasteiger charge is -2.34. The minimum absolute atomic E-state index is 0.0433. The van der Waals surface area contributed by atoms with Gasteiger partial charge >= 0.3 is 0 Å². The molecule has 2 aromatic heterocycles. The second kappa shape index (κ2) is 10.5. The molecule has 0 saturated carbocycles. The molecule has 12 heteroatoms. The summed E-state index contributed by atoms with van der Waals surface area (Å²) in [5.74, 6) is 0.110. The normalized spacial score (nSPS) is 18.2. The van der Waals surface area contributed by atoms with Crippen LogP contribution in [-0.4, -0.2) is 77.0 Å². The zero-order chi connectivity index (χ0) is 25.1. The number of amides is 2. The predicted molar refractivity (Wildman–Crippen MR) is 140 cm³/mol. The van der Waals surface area contributed by atoms with Crippen LogP contribution in [0.5, 0.6) is 0 Å². The van der Waals surface area contributed by atoms with Gasteiger partial charge in [-0.2, -0.15) is 4.98 Å². The zero-order valence-electron chi connectivity index (χ0n) is 19.8. The molecule has 2 amide bonds. The van der Waals surface area contributed by atoms with Gasteiger partial charge in [-0.15, -0.1) is 11.3 Å². The Morgan fingerprint density at radius 2 is 1.92 bits per heavy atom. The van der Waals surface area contributed by atoms with Gasteiger partial charge in [0, 0.05) is 74.3 Å². The van der Waals surface area contributed by atoms with E-state index in [1.807, 2.05) is 21.2 Å². The molecular formula is C24H29N9O2S. The van der Waals surface area contributed by atoms with E-state index in [-0.39, 0.29) is 17.5 Å². The average Bonchev–Trinajstić information content (AvgIpc) is 3.43. The molecule has 0 spiro atoms. The Morgan fingerprint density at radius 3 is 2.64 bits per heavy atom. The maximum absolute atomic E-state index is 13.2. The molecule has 0 aliphatic carbocycles. The van der Waals surface area contributed by atoms with Gasteiger partial charge in [0.2, 0.25) is 5.95 Å². The summed E-state index contributed by atoms with van der Waals surface area (Å²) in [6.07, 6.45) is 5.14. The number of primary amides is 1. The number of nitrogens with one attached hydrogen (secondary N) is 1. The Labute approximate surface area is 213 Å². The SMILES string of the molecule is NC(=O)c1cnc(N2CCC[C@H](N)C2)nc1Nc1cccc(C(=O)N2CCN(c3nccs3)CC2)c1. The molecule has 3 aromatic rings. The van der Waals surface area contributed by atoms with Gasteiger partial charge in [-0.05, 0) is 31.0 Å². The molecule has 1 atom stereocenters. The van der Waals surface area contributed by atoms with Crippen molar-refractivity contribution < 1.29 is 9.59 Å². The number of hydrogen-bond donors (Lipinski definition) is 3. The first-order valence-electron chi connectivity index (χ1n) is 12.0. The van der Waals surface area contributed by atoms with E-state index in [9.17, 15) is 9.59 Å². The quantitative estimate of drug-likeness (QED) is 0.453. The van der Waals surface area contributed by atoms with Gasteiger partial charge in [-0.1, -0.05) is 6.07 Å². The second-order valence-electron chi connectivity index (χ2n) is 8.94. The smallest absolute Gasteiger partial charge is 0.254 e. The standard InChI is InChI=1S/C24H29N9O2S/c25-17-4-2-7-33(15-17)23-28-14-19(20(26)34)21(30-23)29-18-5-1-3-16(13-18)22(35)31-8-10-32(11-9-31)24-27-6-12-36-24/h1,3,5-6,12-14,17H,2,4,7-11,15,25H2,(H2,26,34)(H,28,29,30)/t17-/m0/s1. The van der Waals surface area contributed by atoms with Crippen LogP contribution in [0.15, 0.2) is 42.0 Å². The molecule has 2 aliphatic rings. The molecule has 36 heavy (non-hydrogen) atoms. The fourth-order valence-corrected chi connectivity index (χ4v) is 5.21. The number of aromatic nitrogens is 3. The number of nitrogens with zero attached hydrogens (tertiary/aromatic N) is 6. The number of carbonyl (C=O) groups is 2. The lowest BCUT2D eigenvalue weighted by atomic mass is 10.1. The van der Waals surface area contributed by atoms with Crippen molar-refractivity contribution in [2.45, 2.75) is 18.9 Å². The Bertz CT molecular complexity index is 1230. The highest BCUT2D eigenvalue weighted by atomic mass is 32.1. The number of piperazine rings is 1. The topological polar surface area (TPSA) is 147 Å². The number of carbonyl (C=O) groups excluding carboxylic acids is 2. The third-order valence-corrected chi connectivity index (χ3v) is 7.24. The summed E-state index contributed by atoms with van der Waals surface area (Å²) in [6, 6.07) is 7.23. The lowest BCUT2D eigenvalue weighted by Crippen LogP contribution is -2.48. The first-order valence-corrected chi connectivity index (χ1v) is 12.8. The number of thiazole rings is 1. The van der Waals surface area contributed by atoms with E-state index in [0.29, 0.717) is 42.7 Å². The second-order valence-corrected chi connectivity index (χ2v) is 9.82. The van der Waals surface area contributed by atoms with Crippen LogP contribution in [0.2, 0.25) is 0 Å². The van der Waals surface area contributed by atoms with Gasteiger partial charge in [0.1, 0.15) is 11.4 Å². The van der Waals surface area contributed by atoms with Crippen LogP contribution in [0.4, 0.5) is 22.6 Å². The molecule has 2 saturated heterocycles. The van der Waals surface area contributed by atoms with Crippen LogP contribution in [0, 0.1) is 0 Å². The van der Waals surface area contributed by atoms with Crippen molar-refractivity contribution in [3.8, 4) is 0 Å². The van der Waals surface area contributed by atoms with Crippen LogP contribution >= 0.6 is 11.3 Å². The average molecular weight is 508 g/mol. The number of hydrogen-bond acceptors (Lipinski definition) is 10. The summed E-state index contributed by atoms with van der Waals surface area (Å²) in [5, 5.41) is 6.11. The number of benzene rings is 1. The molecule has 2 aliphatic heterocycles. The third-order valence-electron chi connectivity index (χ3n) is 6.41. The molecule has 0 radical (unpaired) electrons. The monoisotopic (exact) mass is 507 g/mol. The van der Waals surface area contributed by atoms with Crippen LogP contribution in [-0.2, 0) is 0 Å². The highest BCUT2D eigenvalue weighted by Crippen LogP contribution is 2.24. The van der Waals surface area contributed by atoms with E-state index in [4.69, 9.17) is 11.5 Å². The Hall–Kier alpha value is -3.77. The Kier molecular flexibility index (Phi) is 6.96. The summed E-state index contributed by atoms with van der Waals surface area (Å²) >= 11 is 1.60. The lowest BCUT2D eigenvalue weighted by molar-refractivity contribution is 0.0746. The first kappa shape index (κ1) is 23.9. The highest BCUT2D eigenvalue weighted by Gasteiger charge is 2.24.